The van der Waals surface area contributed by atoms with Crippen molar-refractivity contribution in [1.29, 1.82) is 5.26 Å². The van der Waals surface area contributed by atoms with Crippen molar-refractivity contribution in [3.05, 3.63) is 21.4 Å². The molecule has 5 nitrogen and oxygen atoms in total. The Morgan fingerprint density at radius 2 is 2.12 bits per heavy atom. The van der Waals surface area contributed by atoms with E-state index in [0.29, 0.717) is 11.5 Å². The molecule has 0 aromatic carbocycles. The third-order valence-corrected chi connectivity index (χ3v) is 6.10. The second kappa shape index (κ2) is 7.57. The van der Waals surface area contributed by atoms with Crippen LogP contribution in [0, 0.1) is 23.2 Å². The molecule has 1 aliphatic carbocycles. The fourth-order valence-electron chi connectivity index (χ4n) is 2.79. The van der Waals surface area contributed by atoms with E-state index < -0.39 is 23.5 Å². The molecule has 0 radical (unpaired) electrons. The molecule has 25 heavy (non-hydrogen) atoms. The number of amides is 1. The van der Waals surface area contributed by atoms with Crippen molar-refractivity contribution in [2.24, 2.45) is 11.8 Å². The van der Waals surface area contributed by atoms with Gasteiger partial charge < -0.3 is 10.1 Å². The van der Waals surface area contributed by atoms with Gasteiger partial charge in [0.1, 0.15) is 5.54 Å². The van der Waals surface area contributed by atoms with E-state index in [2.05, 4.69) is 18.3 Å². The van der Waals surface area contributed by atoms with Crippen LogP contribution in [-0.4, -0.2) is 23.5 Å². The van der Waals surface area contributed by atoms with E-state index >= 15 is 0 Å². The van der Waals surface area contributed by atoms with Crippen LogP contribution in [0.25, 0.3) is 0 Å². The molecular weight excluding hydrogens is 336 g/mol. The molecule has 6 heteroatoms. The Balaban J connectivity index is 2.04. The Labute approximate surface area is 153 Å². The highest BCUT2D eigenvalue weighted by Gasteiger charge is 2.33. The third kappa shape index (κ3) is 4.21. The molecule has 3 unspecified atom stereocenters. The lowest BCUT2D eigenvalue weighted by Crippen LogP contribution is -2.52. The van der Waals surface area contributed by atoms with E-state index in [1.54, 1.807) is 18.3 Å². The van der Waals surface area contributed by atoms with Crippen molar-refractivity contribution < 1.29 is 14.3 Å². The highest BCUT2D eigenvalue weighted by Crippen LogP contribution is 2.33. The normalized spacial score (nSPS) is 20.1. The van der Waals surface area contributed by atoms with Gasteiger partial charge in [0, 0.05) is 10.3 Å². The van der Waals surface area contributed by atoms with E-state index in [1.165, 1.54) is 11.8 Å². The predicted octanol–water partition coefficient (Wildman–Crippen LogP) is 3.47. The van der Waals surface area contributed by atoms with Gasteiger partial charge in [-0.25, -0.2) is 4.79 Å². The van der Waals surface area contributed by atoms with Gasteiger partial charge in [0.2, 0.25) is 0 Å². The summed E-state index contributed by atoms with van der Waals surface area (Å²) in [5.74, 6) is -0.337. The minimum atomic E-state index is -0.991. The van der Waals surface area contributed by atoms with Crippen molar-refractivity contribution in [1.82, 2.24) is 5.32 Å². The summed E-state index contributed by atoms with van der Waals surface area (Å²) in [6.07, 6.45) is 2.00. The van der Waals surface area contributed by atoms with Gasteiger partial charge in [0.25, 0.3) is 5.91 Å². The molecule has 1 N–H and O–H groups in total. The fraction of sp³-hybridized carbons (Fsp3) is 0.632. The first-order valence-corrected chi connectivity index (χ1v) is 9.59. The summed E-state index contributed by atoms with van der Waals surface area (Å²) >= 11 is 1.59. The molecule has 0 fully saturated rings. The molecule has 1 aliphatic rings. The Hall–Kier alpha value is -1.87. The SMILES string of the molecule is CC1CCc2c(C(=O)OC(C)C(=O)NC(C)(C#N)C(C)C)csc2C1. The van der Waals surface area contributed by atoms with Crippen LogP contribution in [0.15, 0.2) is 5.38 Å². The Kier molecular flexibility index (Phi) is 5.89. The van der Waals surface area contributed by atoms with Crippen LogP contribution < -0.4 is 5.32 Å². The number of carbonyl (C=O) groups excluding carboxylic acids is 2. The van der Waals surface area contributed by atoms with Crippen LogP contribution in [0.5, 0.6) is 0 Å². The van der Waals surface area contributed by atoms with Gasteiger partial charge >= 0.3 is 5.97 Å². The average Bonchev–Trinajstić information content (AvgIpc) is 2.97. The zero-order valence-electron chi connectivity index (χ0n) is 15.5. The third-order valence-electron chi connectivity index (χ3n) is 5.04. The van der Waals surface area contributed by atoms with Crippen molar-refractivity contribution in [2.75, 3.05) is 0 Å². The van der Waals surface area contributed by atoms with E-state index in [4.69, 9.17) is 4.74 Å². The summed E-state index contributed by atoms with van der Waals surface area (Å²) in [6, 6.07) is 2.12. The average molecular weight is 362 g/mol. The number of hydrogen-bond donors (Lipinski definition) is 1. The monoisotopic (exact) mass is 362 g/mol. The molecule has 0 spiro atoms. The lowest BCUT2D eigenvalue weighted by atomic mass is 9.88. The first-order chi connectivity index (χ1) is 11.7. The van der Waals surface area contributed by atoms with Crippen LogP contribution in [0.4, 0.5) is 0 Å². The number of carbonyl (C=O) groups is 2. The predicted molar refractivity (Wildman–Crippen MR) is 97.4 cm³/mol. The molecular formula is C19H26N2O3S. The van der Waals surface area contributed by atoms with Gasteiger partial charge in [-0.3, -0.25) is 4.79 Å². The second-order valence-corrected chi connectivity index (χ2v) is 8.37. The van der Waals surface area contributed by atoms with Crippen molar-refractivity contribution in [3.63, 3.8) is 0 Å². The highest BCUT2D eigenvalue weighted by molar-refractivity contribution is 7.10. The Bertz CT molecular complexity index is 704. The van der Waals surface area contributed by atoms with Gasteiger partial charge in [-0.1, -0.05) is 20.8 Å². The van der Waals surface area contributed by atoms with Crippen LogP contribution in [0.2, 0.25) is 0 Å². The number of nitrogens with zero attached hydrogens (tertiary/aromatic N) is 1. The molecule has 0 saturated heterocycles. The minimum Gasteiger partial charge on any atom is -0.449 e. The second-order valence-electron chi connectivity index (χ2n) is 7.40. The molecule has 1 amide bonds. The summed E-state index contributed by atoms with van der Waals surface area (Å²) in [5, 5.41) is 13.8. The molecule has 3 atom stereocenters. The van der Waals surface area contributed by atoms with Crippen LogP contribution in [0.1, 0.15) is 61.8 Å². The largest absolute Gasteiger partial charge is 0.449 e. The van der Waals surface area contributed by atoms with Crippen LogP contribution in [0.3, 0.4) is 0 Å². The zero-order chi connectivity index (χ0) is 18.8. The maximum atomic E-state index is 12.5. The number of thiophene rings is 1. The van der Waals surface area contributed by atoms with Gasteiger partial charge in [-0.15, -0.1) is 11.3 Å². The maximum absolute atomic E-state index is 12.5. The standard InChI is InChI=1S/C19H26N2O3S/c1-11(2)19(5,10-20)21-17(22)13(4)24-18(23)15-9-25-16-8-12(3)6-7-14(15)16/h9,11-13H,6-8H2,1-5H3,(H,21,22). The number of nitriles is 1. The number of esters is 1. The number of hydrogen-bond acceptors (Lipinski definition) is 5. The van der Waals surface area contributed by atoms with Gasteiger partial charge in [-0.05, 0) is 50.5 Å². The molecule has 1 heterocycles. The molecule has 0 saturated carbocycles. The molecule has 1 aromatic rings. The summed E-state index contributed by atoms with van der Waals surface area (Å²) in [5.41, 5.74) is 0.665. The Morgan fingerprint density at radius 1 is 1.44 bits per heavy atom. The van der Waals surface area contributed by atoms with Crippen molar-refractivity contribution >= 4 is 23.2 Å². The molecule has 2 rings (SSSR count). The van der Waals surface area contributed by atoms with E-state index in [9.17, 15) is 14.9 Å². The zero-order valence-corrected chi connectivity index (χ0v) is 16.3. The van der Waals surface area contributed by atoms with Crippen molar-refractivity contribution in [2.45, 2.75) is 65.5 Å². The minimum absolute atomic E-state index is 0.0600. The number of nitrogens with one attached hydrogen (secondary N) is 1. The number of fused-ring (bicyclic) bond motifs is 1. The Morgan fingerprint density at radius 3 is 2.72 bits per heavy atom. The van der Waals surface area contributed by atoms with Crippen LogP contribution >= 0.6 is 11.3 Å². The highest BCUT2D eigenvalue weighted by atomic mass is 32.1. The molecule has 0 aliphatic heterocycles. The first-order valence-electron chi connectivity index (χ1n) is 8.71. The number of rotatable bonds is 5. The first kappa shape index (κ1) is 19.5. The van der Waals surface area contributed by atoms with Crippen molar-refractivity contribution in [3.8, 4) is 6.07 Å². The molecule has 0 bridgehead atoms. The fourth-order valence-corrected chi connectivity index (χ4v) is 4.02. The summed E-state index contributed by atoms with van der Waals surface area (Å²) in [7, 11) is 0. The van der Waals surface area contributed by atoms with Gasteiger partial charge in [0.15, 0.2) is 6.10 Å². The van der Waals surface area contributed by atoms with E-state index in [0.717, 1.165) is 24.8 Å². The topological polar surface area (TPSA) is 79.2 Å². The summed E-state index contributed by atoms with van der Waals surface area (Å²) in [6.45, 7) is 9.14. The lowest BCUT2D eigenvalue weighted by Gasteiger charge is -2.28. The van der Waals surface area contributed by atoms with Gasteiger partial charge in [0.05, 0.1) is 11.6 Å². The number of ether oxygens (including phenoxy) is 1. The van der Waals surface area contributed by atoms with Crippen LogP contribution in [-0.2, 0) is 22.4 Å². The molecule has 136 valence electrons. The maximum Gasteiger partial charge on any atom is 0.340 e. The quantitative estimate of drug-likeness (QED) is 0.814. The smallest absolute Gasteiger partial charge is 0.340 e. The van der Waals surface area contributed by atoms with E-state index in [-0.39, 0.29) is 5.92 Å². The lowest BCUT2D eigenvalue weighted by molar-refractivity contribution is -0.130. The summed E-state index contributed by atoms with van der Waals surface area (Å²) in [4.78, 5) is 26.1. The summed E-state index contributed by atoms with van der Waals surface area (Å²) < 4.78 is 5.37. The van der Waals surface area contributed by atoms with Gasteiger partial charge in [-0.2, -0.15) is 5.26 Å². The van der Waals surface area contributed by atoms with E-state index in [1.807, 2.05) is 19.2 Å². The molecule has 1 aromatic heterocycles.